The first-order valence-corrected chi connectivity index (χ1v) is 8.04. The Labute approximate surface area is 133 Å². The summed E-state index contributed by atoms with van der Waals surface area (Å²) in [5.41, 5.74) is 2.35. The van der Waals surface area contributed by atoms with Gasteiger partial charge < -0.3 is 5.32 Å². The van der Waals surface area contributed by atoms with E-state index in [1.807, 2.05) is 18.3 Å². The molecule has 1 aromatic heterocycles. The first-order valence-electron chi connectivity index (χ1n) is 6.87. The third kappa shape index (κ3) is 3.43. The Bertz CT molecular complexity index is 568. The molecule has 0 fully saturated rings. The van der Waals surface area contributed by atoms with E-state index in [1.54, 1.807) is 0 Å². The van der Waals surface area contributed by atoms with Crippen molar-refractivity contribution in [1.29, 1.82) is 0 Å². The van der Waals surface area contributed by atoms with Gasteiger partial charge in [0.1, 0.15) is 0 Å². The predicted molar refractivity (Wildman–Crippen MR) is 87.2 cm³/mol. The molecule has 1 N–H and O–H groups in total. The molecule has 0 spiro atoms. The van der Waals surface area contributed by atoms with E-state index in [9.17, 15) is 0 Å². The van der Waals surface area contributed by atoms with Crippen LogP contribution in [0.4, 0.5) is 0 Å². The van der Waals surface area contributed by atoms with Crippen molar-refractivity contribution < 1.29 is 0 Å². The average Bonchev–Trinajstić information content (AvgIpc) is 2.85. The molecule has 1 atom stereocenters. The number of aromatic nitrogens is 2. The molecule has 0 saturated heterocycles. The summed E-state index contributed by atoms with van der Waals surface area (Å²) in [7, 11) is 0. The van der Waals surface area contributed by atoms with Crippen LogP contribution in [0.15, 0.2) is 34.9 Å². The van der Waals surface area contributed by atoms with E-state index in [0.717, 1.165) is 29.0 Å². The molecule has 1 unspecified atom stereocenters. The SMILES string of the molecule is CCCn1nccc1C(NCC)c1ccc(Cl)cc1Br. The maximum atomic E-state index is 6.04. The maximum absolute atomic E-state index is 6.04. The van der Waals surface area contributed by atoms with Crippen LogP contribution in [0.2, 0.25) is 5.02 Å². The highest BCUT2D eigenvalue weighted by molar-refractivity contribution is 9.10. The van der Waals surface area contributed by atoms with Crippen molar-refractivity contribution in [2.24, 2.45) is 0 Å². The Morgan fingerprint density at radius 3 is 2.80 bits per heavy atom. The average molecular weight is 357 g/mol. The van der Waals surface area contributed by atoms with Gasteiger partial charge in [0.15, 0.2) is 0 Å². The quantitative estimate of drug-likeness (QED) is 0.831. The van der Waals surface area contributed by atoms with Gasteiger partial charge in [0.05, 0.1) is 11.7 Å². The number of hydrogen-bond donors (Lipinski definition) is 1. The summed E-state index contributed by atoms with van der Waals surface area (Å²) in [5, 5.41) is 8.68. The van der Waals surface area contributed by atoms with Gasteiger partial charge >= 0.3 is 0 Å². The molecule has 0 amide bonds. The molecule has 3 nitrogen and oxygen atoms in total. The minimum absolute atomic E-state index is 0.112. The van der Waals surface area contributed by atoms with E-state index in [4.69, 9.17) is 11.6 Å². The lowest BCUT2D eigenvalue weighted by Crippen LogP contribution is -2.25. The second kappa shape index (κ2) is 7.25. The topological polar surface area (TPSA) is 29.9 Å². The van der Waals surface area contributed by atoms with E-state index >= 15 is 0 Å². The van der Waals surface area contributed by atoms with Crippen LogP contribution in [0.25, 0.3) is 0 Å². The van der Waals surface area contributed by atoms with Gasteiger partial charge in [-0.1, -0.05) is 47.4 Å². The maximum Gasteiger partial charge on any atom is 0.0759 e. The van der Waals surface area contributed by atoms with Crippen LogP contribution in [-0.4, -0.2) is 16.3 Å². The Hall–Kier alpha value is -0.840. The summed E-state index contributed by atoms with van der Waals surface area (Å²) in [6.07, 6.45) is 2.93. The first-order chi connectivity index (χ1) is 9.67. The predicted octanol–water partition coefficient (Wildman–Crippen LogP) is 4.41. The minimum Gasteiger partial charge on any atom is -0.305 e. The van der Waals surface area contributed by atoms with Gasteiger partial charge in [0, 0.05) is 22.2 Å². The van der Waals surface area contributed by atoms with E-state index < -0.39 is 0 Å². The third-order valence-electron chi connectivity index (χ3n) is 3.16. The largest absolute Gasteiger partial charge is 0.305 e. The zero-order valence-electron chi connectivity index (χ0n) is 11.7. The van der Waals surface area contributed by atoms with Gasteiger partial charge in [0.2, 0.25) is 0 Å². The molecule has 0 bridgehead atoms. The highest BCUT2D eigenvalue weighted by Gasteiger charge is 2.19. The third-order valence-corrected chi connectivity index (χ3v) is 4.08. The van der Waals surface area contributed by atoms with Gasteiger partial charge in [-0.15, -0.1) is 0 Å². The van der Waals surface area contributed by atoms with Crippen molar-refractivity contribution in [1.82, 2.24) is 15.1 Å². The minimum atomic E-state index is 0.112. The molecular formula is C15H19BrClN3. The second-order valence-corrected chi connectivity index (χ2v) is 5.93. The molecule has 1 aromatic carbocycles. The van der Waals surface area contributed by atoms with Crippen LogP contribution in [0.5, 0.6) is 0 Å². The molecule has 2 rings (SSSR count). The fourth-order valence-electron chi connectivity index (χ4n) is 2.30. The van der Waals surface area contributed by atoms with E-state index in [0.29, 0.717) is 0 Å². The monoisotopic (exact) mass is 355 g/mol. The molecule has 20 heavy (non-hydrogen) atoms. The van der Waals surface area contributed by atoms with E-state index in [1.165, 1.54) is 11.3 Å². The summed E-state index contributed by atoms with van der Waals surface area (Å²) < 4.78 is 3.08. The van der Waals surface area contributed by atoms with Crippen molar-refractivity contribution in [3.63, 3.8) is 0 Å². The standard InChI is InChI=1S/C15H19BrClN3/c1-3-9-20-14(7-8-19-20)15(18-4-2)12-6-5-11(17)10-13(12)16/h5-8,10,15,18H,3-4,9H2,1-2H3. The van der Waals surface area contributed by atoms with Crippen molar-refractivity contribution in [3.05, 3.63) is 51.2 Å². The zero-order chi connectivity index (χ0) is 14.5. The number of halogens is 2. The molecule has 0 radical (unpaired) electrons. The summed E-state index contributed by atoms with van der Waals surface area (Å²) in [6.45, 7) is 6.08. The van der Waals surface area contributed by atoms with E-state index in [-0.39, 0.29) is 6.04 Å². The van der Waals surface area contributed by atoms with Crippen molar-refractivity contribution in [3.8, 4) is 0 Å². The van der Waals surface area contributed by atoms with Gasteiger partial charge in [0.25, 0.3) is 0 Å². The van der Waals surface area contributed by atoms with Crippen LogP contribution in [0, 0.1) is 0 Å². The summed E-state index contributed by atoms with van der Waals surface area (Å²) >= 11 is 9.65. The van der Waals surface area contributed by atoms with Gasteiger partial charge in [-0.3, -0.25) is 4.68 Å². The molecule has 108 valence electrons. The highest BCUT2D eigenvalue weighted by Crippen LogP contribution is 2.30. The van der Waals surface area contributed by atoms with Gasteiger partial charge in [-0.2, -0.15) is 5.10 Å². The molecule has 0 aliphatic carbocycles. The molecule has 1 heterocycles. The first kappa shape index (κ1) is 15.5. The number of rotatable bonds is 6. The lowest BCUT2D eigenvalue weighted by molar-refractivity contribution is 0.519. The zero-order valence-corrected chi connectivity index (χ0v) is 14.1. The number of hydrogen-bond acceptors (Lipinski definition) is 2. The Morgan fingerprint density at radius 2 is 2.15 bits per heavy atom. The molecule has 0 aliphatic heterocycles. The molecule has 5 heteroatoms. The lowest BCUT2D eigenvalue weighted by atomic mass is 10.0. The van der Waals surface area contributed by atoms with Crippen LogP contribution < -0.4 is 5.32 Å². The van der Waals surface area contributed by atoms with Crippen LogP contribution >= 0.6 is 27.5 Å². The summed E-state index contributed by atoms with van der Waals surface area (Å²) in [4.78, 5) is 0. The van der Waals surface area contributed by atoms with Crippen LogP contribution in [0.1, 0.15) is 37.6 Å². The van der Waals surface area contributed by atoms with Crippen molar-refractivity contribution >= 4 is 27.5 Å². The normalized spacial score (nSPS) is 12.6. The number of aryl methyl sites for hydroxylation is 1. The lowest BCUT2D eigenvalue weighted by Gasteiger charge is -2.21. The van der Waals surface area contributed by atoms with E-state index in [2.05, 4.69) is 57.0 Å². The van der Waals surface area contributed by atoms with Gasteiger partial charge in [-0.05, 0) is 36.7 Å². The van der Waals surface area contributed by atoms with Crippen molar-refractivity contribution in [2.75, 3.05) is 6.54 Å². The number of nitrogens with one attached hydrogen (secondary N) is 1. The summed E-state index contributed by atoms with van der Waals surface area (Å²) in [6, 6.07) is 8.10. The van der Waals surface area contributed by atoms with Crippen LogP contribution in [0.3, 0.4) is 0 Å². The Balaban J connectivity index is 2.42. The van der Waals surface area contributed by atoms with Crippen LogP contribution in [-0.2, 0) is 6.54 Å². The van der Waals surface area contributed by atoms with Crippen molar-refractivity contribution in [2.45, 2.75) is 32.9 Å². The highest BCUT2D eigenvalue weighted by atomic mass is 79.9. The Morgan fingerprint density at radius 1 is 1.35 bits per heavy atom. The fraction of sp³-hybridized carbons (Fsp3) is 0.400. The molecule has 0 aliphatic rings. The van der Waals surface area contributed by atoms with Gasteiger partial charge in [-0.25, -0.2) is 0 Å². The summed E-state index contributed by atoms with van der Waals surface area (Å²) in [5.74, 6) is 0. The Kier molecular flexibility index (Phi) is 5.64. The smallest absolute Gasteiger partial charge is 0.0759 e. The molecule has 0 saturated carbocycles. The fourth-order valence-corrected chi connectivity index (χ4v) is 3.21. The molecule has 2 aromatic rings. The molecular weight excluding hydrogens is 338 g/mol. The second-order valence-electron chi connectivity index (χ2n) is 4.64. The number of nitrogens with zero attached hydrogens (tertiary/aromatic N) is 2. The number of benzene rings is 1.